The standard InChI is InChI=1S/C15H17NOS/c1-9-5-6-14-13(7-9)15(18-4)12(8-10(2)17)11(3)16-14/h5-7H,8H2,1-4H3. The molecule has 1 aromatic heterocycles. The zero-order valence-corrected chi connectivity index (χ0v) is 12.0. The zero-order chi connectivity index (χ0) is 13.3. The number of hydrogen-bond acceptors (Lipinski definition) is 3. The van der Waals surface area contributed by atoms with Crippen LogP contribution in [-0.4, -0.2) is 17.0 Å². The second kappa shape index (κ2) is 5.11. The highest BCUT2D eigenvalue weighted by molar-refractivity contribution is 7.98. The number of carbonyl (C=O) groups is 1. The zero-order valence-electron chi connectivity index (χ0n) is 11.2. The molecule has 0 aliphatic rings. The summed E-state index contributed by atoms with van der Waals surface area (Å²) >= 11 is 1.70. The van der Waals surface area contributed by atoms with Crippen molar-refractivity contribution >= 4 is 28.4 Å². The minimum atomic E-state index is 0.183. The summed E-state index contributed by atoms with van der Waals surface area (Å²) < 4.78 is 0. The Hall–Kier alpha value is -1.35. The third-order valence-corrected chi connectivity index (χ3v) is 3.90. The summed E-state index contributed by atoms with van der Waals surface area (Å²) in [5, 5.41) is 1.16. The Morgan fingerprint density at radius 3 is 2.67 bits per heavy atom. The first kappa shape index (κ1) is 13.1. The molecule has 0 fully saturated rings. The van der Waals surface area contributed by atoms with Crippen molar-refractivity contribution in [2.24, 2.45) is 0 Å². The smallest absolute Gasteiger partial charge is 0.134 e. The summed E-state index contributed by atoms with van der Waals surface area (Å²) in [4.78, 5) is 17.2. The molecular weight excluding hydrogens is 242 g/mol. The van der Waals surface area contributed by atoms with E-state index in [0.717, 1.165) is 22.2 Å². The van der Waals surface area contributed by atoms with Gasteiger partial charge in [0.15, 0.2) is 0 Å². The number of benzene rings is 1. The van der Waals surface area contributed by atoms with Crippen molar-refractivity contribution in [1.29, 1.82) is 0 Å². The summed E-state index contributed by atoms with van der Waals surface area (Å²) in [5.74, 6) is 0.183. The van der Waals surface area contributed by atoms with E-state index in [4.69, 9.17) is 0 Å². The predicted octanol–water partition coefficient (Wildman–Crippen LogP) is 3.71. The normalized spacial score (nSPS) is 10.9. The van der Waals surface area contributed by atoms with E-state index >= 15 is 0 Å². The molecule has 0 radical (unpaired) electrons. The highest BCUT2D eigenvalue weighted by atomic mass is 32.2. The fourth-order valence-electron chi connectivity index (χ4n) is 2.19. The third-order valence-electron chi connectivity index (χ3n) is 3.03. The average molecular weight is 259 g/mol. The number of rotatable bonds is 3. The molecule has 18 heavy (non-hydrogen) atoms. The minimum Gasteiger partial charge on any atom is -0.300 e. The van der Waals surface area contributed by atoms with E-state index in [1.165, 1.54) is 10.5 Å². The summed E-state index contributed by atoms with van der Waals surface area (Å²) in [7, 11) is 0. The van der Waals surface area contributed by atoms with Crippen LogP contribution in [0.3, 0.4) is 0 Å². The number of carbonyl (C=O) groups excluding carboxylic acids is 1. The second-order valence-electron chi connectivity index (χ2n) is 4.61. The van der Waals surface area contributed by atoms with Crippen molar-refractivity contribution in [3.05, 3.63) is 35.0 Å². The van der Waals surface area contributed by atoms with Gasteiger partial charge in [-0.3, -0.25) is 9.78 Å². The maximum Gasteiger partial charge on any atom is 0.134 e. The van der Waals surface area contributed by atoms with Gasteiger partial charge in [-0.25, -0.2) is 0 Å². The molecule has 2 nitrogen and oxygen atoms in total. The van der Waals surface area contributed by atoms with Crippen molar-refractivity contribution < 1.29 is 4.79 Å². The molecule has 0 unspecified atom stereocenters. The maximum absolute atomic E-state index is 11.4. The van der Waals surface area contributed by atoms with E-state index in [2.05, 4.69) is 36.4 Å². The summed E-state index contributed by atoms with van der Waals surface area (Å²) in [5.41, 5.74) is 4.27. The Kier molecular flexibility index (Phi) is 3.71. The molecule has 0 amide bonds. The molecule has 0 aliphatic heterocycles. The van der Waals surface area contributed by atoms with Gasteiger partial charge in [-0.1, -0.05) is 11.6 Å². The number of pyridine rings is 1. The molecule has 1 heterocycles. The van der Waals surface area contributed by atoms with E-state index in [-0.39, 0.29) is 5.78 Å². The van der Waals surface area contributed by atoms with Gasteiger partial charge < -0.3 is 0 Å². The Balaban J connectivity index is 2.76. The lowest BCUT2D eigenvalue weighted by Gasteiger charge is -2.13. The highest BCUT2D eigenvalue weighted by Crippen LogP contribution is 2.31. The first-order valence-electron chi connectivity index (χ1n) is 5.96. The van der Waals surface area contributed by atoms with Crippen LogP contribution in [0.25, 0.3) is 10.9 Å². The SMILES string of the molecule is CSc1c(CC(C)=O)c(C)nc2ccc(C)cc12. The van der Waals surface area contributed by atoms with Crippen LogP contribution in [0.1, 0.15) is 23.7 Å². The van der Waals surface area contributed by atoms with E-state index in [1.54, 1.807) is 18.7 Å². The quantitative estimate of drug-likeness (QED) is 0.787. The Bertz CT molecular complexity index is 619. The summed E-state index contributed by atoms with van der Waals surface area (Å²) in [6.07, 6.45) is 2.53. The van der Waals surface area contributed by atoms with Crippen molar-refractivity contribution in [3.8, 4) is 0 Å². The molecule has 1 aromatic carbocycles. The number of ketones is 1. The number of fused-ring (bicyclic) bond motifs is 1. The van der Waals surface area contributed by atoms with Gasteiger partial charge in [-0.2, -0.15) is 0 Å². The van der Waals surface area contributed by atoms with Crippen LogP contribution < -0.4 is 0 Å². The molecule has 0 N–H and O–H groups in total. The molecule has 3 heteroatoms. The van der Waals surface area contributed by atoms with Crippen LogP contribution in [0.5, 0.6) is 0 Å². The monoisotopic (exact) mass is 259 g/mol. The number of Topliss-reactive ketones (excluding diaryl/α,β-unsaturated/α-hetero) is 1. The van der Waals surface area contributed by atoms with Crippen LogP contribution in [0, 0.1) is 13.8 Å². The van der Waals surface area contributed by atoms with E-state index < -0.39 is 0 Å². The predicted molar refractivity (Wildman–Crippen MR) is 77.4 cm³/mol. The molecule has 0 atom stereocenters. The fraction of sp³-hybridized carbons (Fsp3) is 0.333. The second-order valence-corrected chi connectivity index (χ2v) is 5.42. The number of aromatic nitrogens is 1. The number of thioether (sulfide) groups is 1. The molecule has 2 aromatic rings. The lowest BCUT2D eigenvalue weighted by Crippen LogP contribution is -2.03. The Labute approximate surface area is 112 Å². The molecule has 94 valence electrons. The lowest BCUT2D eigenvalue weighted by atomic mass is 10.0. The summed E-state index contributed by atoms with van der Waals surface area (Å²) in [6, 6.07) is 6.27. The Morgan fingerprint density at radius 1 is 1.33 bits per heavy atom. The topological polar surface area (TPSA) is 30.0 Å². The van der Waals surface area contributed by atoms with Crippen molar-refractivity contribution in [1.82, 2.24) is 4.98 Å². The first-order chi connectivity index (χ1) is 8.52. The van der Waals surface area contributed by atoms with Gasteiger partial charge in [0.05, 0.1) is 5.52 Å². The van der Waals surface area contributed by atoms with Gasteiger partial charge in [0.2, 0.25) is 0 Å². The molecule has 0 spiro atoms. The largest absolute Gasteiger partial charge is 0.300 e. The number of aryl methyl sites for hydroxylation is 2. The van der Waals surface area contributed by atoms with E-state index in [9.17, 15) is 4.79 Å². The van der Waals surface area contributed by atoms with Gasteiger partial charge in [0, 0.05) is 22.4 Å². The number of hydrogen-bond donors (Lipinski definition) is 0. The van der Waals surface area contributed by atoms with Crippen LogP contribution in [0.15, 0.2) is 23.1 Å². The van der Waals surface area contributed by atoms with Crippen LogP contribution in [0.4, 0.5) is 0 Å². The maximum atomic E-state index is 11.4. The minimum absolute atomic E-state index is 0.183. The van der Waals surface area contributed by atoms with Gasteiger partial charge in [0.1, 0.15) is 5.78 Å². The van der Waals surface area contributed by atoms with Crippen molar-refractivity contribution in [3.63, 3.8) is 0 Å². The third kappa shape index (κ3) is 2.41. The highest BCUT2D eigenvalue weighted by Gasteiger charge is 2.13. The molecule has 0 bridgehead atoms. The molecule has 0 saturated carbocycles. The lowest BCUT2D eigenvalue weighted by molar-refractivity contribution is -0.116. The van der Waals surface area contributed by atoms with Gasteiger partial charge >= 0.3 is 0 Å². The van der Waals surface area contributed by atoms with Crippen molar-refractivity contribution in [2.45, 2.75) is 32.1 Å². The van der Waals surface area contributed by atoms with Crippen LogP contribution in [0.2, 0.25) is 0 Å². The van der Waals surface area contributed by atoms with Crippen molar-refractivity contribution in [2.75, 3.05) is 6.26 Å². The van der Waals surface area contributed by atoms with Crippen LogP contribution >= 0.6 is 11.8 Å². The first-order valence-corrected chi connectivity index (χ1v) is 7.18. The van der Waals surface area contributed by atoms with E-state index in [1.807, 2.05) is 6.92 Å². The van der Waals surface area contributed by atoms with Gasteiger partial charge in [0.25, 0.3) is 0 Å². The Morgan fingerprint density at radius 2 is 2.06 bits per heavy atom. The van der Waals surface area contributed by atoms with E-state index in [0.29, 0.717) is 6.42 Å². The van der Waals surface area contributed by atoms with Crippen LogP contribution in [-0.2, 0) is 11.2 Å². The van der Waals surface area contributed by atoms with Gasteiger partial charge in [-0.05, 0) is 44.7 Å². The summed E-state index contributed by atoms with van der Waals surface area (Å²) in [6.45, 7) is 5.69. The molecule has 0 saturated heterocycles. The number of nitrogens with zero attached hydrogens (tertiary/aromatic N) is 1. The average Bonchev–Trinajstić information content (AvgIpc) is 2.30. The van der Waals surface area contributed by atoms with Gasteiger partial charge in [-0.15, -0.1) is 11.8 Å². The molecule has 2 rings (SSSR count). The fourth-order valence-corrected chi connectivity index (χ4v) is 3.04. The molecular formula is C15H17NOS. The molecule has 0 aliphatic carbocycles.